The van der Waals surface area contributed by atoms with Gasteiger partial charge < -0.3 is 19.7 Å². The number of rotatable bonds is 5. The molecule has 1 saturated heterocycles. The van der Waals surface area contributed by atoms with E-state index in [2.05, 4.69) is 36.1 Å². The lowest BCUT2D eigenvalue weighted by atomic mass is 9.57. The molecule has 1 aliphatic heterocycles. The number of benzene rings is 1. The molecule has 0 radical (unpaired) electrons. The maximum Gasteiger partial charge on any atom is 0.193 e. The van der Waals surface area contributed by atoms with Gasteiger partial charge in [-0.3, -0.25) is 4.99 Å². The lowest BCUT2D eigenvalue weighted by Gasteiger charge is -2.55. The lowest BCUT2D eigenvalue weighted by Crippen LogP contribution is -2.68. The van der Waals surface area contributed by atoms with Crippen molar-refractivity contribution in [3.8, 4) is 5.75 Å². The van der Waals surface area contributed by atoms with Crippen LogP contribution in [0.5, 0.6) is 5.75 Å². The predicted molar refractivity (Wildman–Crippen MR) is 96.5 cm³/mol. The standard InChI is InChI=1S/C19H29N3O2/c1-19(2)16(15-10-12-24-17(15)19)21-18(20-3)22(4)11-13-23-14-8-6-5-7-9-14/h5-9,15-17H,10-13H2,1-4H3,(H,20,21). The zero-order valence-electron chi connectivity index (χ0n) is 15.2. The van der Waals surface area contributed by atoms with Gasteiger partial charge >= 0.3 is 0 Å². The summed E-state index contributed by atoms with van der Waals surface area (Å²) in [6, 6.07) is 10.3. The molecule has 1 heterocycles. The Balaban J connectivity index is 1.51. The summed E-state index contributed by atoms with van der Waals surface area (Å²) in [5.74, 6) is 2.43. The molecule has 0 aromatic heterocycles. The summed E-state index contributed by atoms with van der Waals surface area (Å²) in [6.07, 6.45) is 1.53. The minimum atomic E-state index is 0.151. The van der Waals surface area contributed by atoms with Gasteiger partial charge in [0.2, 0.25) is 0 Å². The van der Waals surface area contributed by atoms with Crippen LogP contribution in [-0.2, 0) is 4.74 Å². The van der Waals surface area contributed by atoms with Gasteiger partial charge in [-0.15, -0.1) is 0 Å². The Morgan fingerprint density at radius 2 is 2.12 bits per heavy atom. The number of aliphatic imine (C=N–C) groups is 1. The third kappa shape index (κ3) is 3.22. The molecule has 24 heavy (non-hydrogen) atoms. The van der Waals surface area contributed by atoms with E-state index in [1.54, 1.807) is 0 Å². The summed E-state index contributed by atoms with van der Waals surface area (Å²) in [6.45, 7) is 6.86. The number of hydrogen-bond acceptors (Lipinski definition) is 3. The molecule has 1 N–H and O–H groups in total. The normalized spacial score (nSPS) is 28.0. The average Bonchev–Trinajstić information content (AvgIpc) is 3.03. The highest BCUT2D eigenvalue weighted by Gasteiger charge is 2.59. The minimum Gasteiger partial charge on any atom is -0.492 e. The fourth-order valence-electron chi connectivity index (χ4n) is 4.02. The first-order valence-electron chi connectivity index (χ1n) is 8.78. The maximum absolute atomic E-state index is 5.87. The second-order valence-electron chi connectivity index (χ2n) is 7.32. The predicted octanol–water partition coefficient (Wildman–Crippen LogP) is 2.39. The van der Waals surface area contributed by atoms with Crippen LogP contribution in [0.15, 0.2) is 35.3 Å². The summed E-state index contributed by atoms with van der Waals surface area (Å²) >= 11 is 0. The topological polar surface area (TPSA) is 46.1 Å². The van der Waals surface area contributed by atoms with Crippen LogP contribution < -0.4 is 10.1 Å². The van der Waals surface area contributed by atoms with Crippen LogP contribution in [0.2, 0.25) is 0 Å². The Kier molecular flexibility index (Phi) is 4.99. The number of likely N-dealkylation sites (N-methyl/N-ethyl adjacent to an activating group) is 1. The first kappa shape index (κ1) is 17.1. The minimum absolute atomic E-state index is 0.151. The van der Waals surface area contributed by atoms with Crippen LogP contribution in [0.4, 0.5) is 0 Å². The molecule has 1 saturated carbocycles. The van der Waals surface area contributed by atoms with Crippen LogP contribution in [0, 0.1) is 11.3 Å². The van der Waals surface area contributed by atoms with Gasteiger partial charge in [-0.2, -0.15) is 0 Å². The van der Waals surface area contributed by atoms with Crippen LogP contribution in [-0.4, -0.2) is 56.9 Å². The smallest absolute Gasteiger partial charge is 0.193 e. The number of nitrogens with one attached hydrogen (secondary N) is 1. The van der Waals surface area contributed by atoms with Crippen molar-refractivity contribution in [2.45, 2.75) is 32.4 Å². The van der Waals surface area contributed by atoms with Crippen molar-refractivity contribution in [2.75, 3.05) is 33.9 Å². The fourth-order valence-corrected chi connectivity index (χ4v) is 4.02. The van der Waals surface area contributed by atoms with E-state index < -0.39 is 0 Å². The molecule has 3 rings (SSSR count). The lowest BCUT2D eigenvalue weighted by molar-refractivity contribution is -0.107. The van der Waals surface area contributed by atoms with Gasteiger partial charge in [0.05, 0.1) is 12.6 Å². The Hall–Kier alpha value is -1.75. The highest BCUT2D eigenvalue weighted by molar-refractivity contribution is 5.80. The third-order valence-corrected chi connectivity index (χ3v) is 5.40. The van der Waals surface area contributed by atoms with Gasteiger partial charge in [0.1, 0.15) is 12.4 Å². The molecule has 1 aromatic carbocycles. The SMILES string of the molecule is CN=C(NC1C2CCOC2C1(C)C)N(C)CCOc1ccccc1. The first-order valence-corrected chi connectivity index (χ1v) is 8.78. The maximum atomic E-state index is 5.87. The van der Waals surface area contributed by atoms with E-state index >= 15 is 0 Å². The van der Waals surface area contributed by atoms with Crippen LogP contribution in [0.25, 0.3) is 0 Å². The van der Waals surface area contributed by atoms with Crippen LogP contribution >= 0.6 is 0 Å². The van der Waals surface area contributed by atoms with E-state index in [1.807, 2.05) is 37.4 Å². The molecule has 5 nitrogen and oxygen atoms in total. The molecule has 1 aromatic rings. The number of hydrogen-bond donors (Lipinski definition) is 1. The summed E-state index contributed by atoms with van der Waals surface area (Å²) in [7, 11) is 3.89. The molecule has 132 valence electrons. The van der Waals surface area contributed by atoms with Crippen molar-refractivity contribution < 1.29 is 9.47 Å². The van der Waals surface area contributed by atoms with E-state index in [0.717, 1.165) is 31.3 Å². The van der Waals surface area contributed by atoms with E-state index in [9.17, 15) is 0 Å². The second-order valence-corrected chi connectivity index (χ2v) is 7.32. The Bertz CT molecular complexity index is 573. The van der Waals surface area contributed by atoms with Crippen LogP contribution in [0.1, 0.15) is 20.3 Å². The number of ether oxygens (including phenoxy) is 2. The number of guanidine groups is 1. The van der Waals surface area contributed by atoms with Gasteiger partial charge in [-0.1, -0.05) is 32.0 Å². The quantitative estimate of drug-likeness (QED) is 0.665. The third-order valence-electron chi connectivity index (χ3n) is 5.40. The van der Waals surface area contributed by atoms with Crippen molar-refractivity contribution in [1.82, 2.24) is 10.2 Å². The molecule has 2 aliphatic rings. The monoisotopic (exact) mass is 331 g/mol. The molecule has 1 aliphatic carbocycles. The number of nitrogens with zero attached hydrogens (tertiary/aromatic N) is 2. The molecular formula is C19H29N3O2. The van der Waals surface area contributed by atoms with Crippen molar-refractivity contribution >= 4 is 5.96 Å². The molecular weight excluding hydrogens is 302 g/mol. The van der Waals surface area contributed by atoms with Gasteiger partial charge in [-0.25, -0.2) is 0 Å². The molecule has 2 fully saturated rings. The molecule has 0 amide bonds. The van der Waals surface area contributed by atoms with Gasteiger partial charge in [0.25, 0.3) is 0 Å². The summed E-state index contributed by atoms with van der Waals surface area (Å²) in [4.78, 5) is 6.58. The zero-order valence-corrected chi connectivity index (χ0v) is 15.2. The highest BCUT2D eigenvalue weighted by Crippen LogP contribution is 2.52. The average molecular weight is 331 g/mol. The van der Waals surface area contributed by atoms with E-state index in [1.165, 1.54) is 0 Å². The van der Waals surface area contributed by atoms with E-state index in [-0.39, 0.29) is 5.41 Å². The highest BCUT2D eigenvalue weighted by atomic mass is 16.5. The fraction of sp³-hybridized carbons (Fsp3) is 0.632. The summed E-state index contributed by atoms with van der Waals surface area (Å²) in [5, 5.41) is 3.65. The largest absolute Gasteiger partial charge is 0.492 e. The van der Waals surface area contributed by atoms with Gasteiger partial charge in [0, 0.05) is 38.1 Å². The number of para-hydroxylation sites is 1. The summed E-state index contributed by atoms with van der Waals surface area (Å²) in [5.41, 5.74) is 0.151. The van der Waals surface area contributed by atoms with Crippen LogP contribution in [0.3, 0.4) is 0 Å². The Labute approximate surface area is 145 Å². The van der Waals surface area contributed by atoms with Crippen molar-refractivity contribution in [3.05, 3.63) is 30.3 Å². The second kappa shape index (κ2) is 7.01. The van der Waals surface area contributed by atoms with Gasteiger partial charge in [0.15, 0.2) is 5.96 Å². The first-order chi connectivity index (χ1) is 11.5. The summed E-state index contributed by atoms with van der Waals surface area (Å²) < 4.78 is 11.7. The van der Waals surface area contributed by atoms with E-state index in [0.29, 0.717) is 24.7 Å². The van der Waals surface area contributed by atoms with E-state index in [4.69, 9.17) is 9.47 Å². The van der Waals surface area contributed by atoms with Gasteiger partial charge in [-0.05, 0) is 18.6 Å². The van der Waals surface area contributed by atoms with Crippen molar-refractivity contribution in [2.24, 2.45) is 16.3 Å². The molecule has 3 unspecified atom stereocenters. The molecule has 0 bridgehead atoms. The molecule has 3 atom stereocenters. The van der Waals surface area contributed by atoms with Crippen molar-refractivity contribution in [1.29, 1.82) is 0 Å². The molecule has 5 heteroatoms. The van der Waals surface area contributed by atoms with Crippen molar-refractivity contribution in [3.63, 3.8) is 0 Å². The zero-order chi connectivity index (χ0) is 17.2. The Morgan fingerprint density at radius 3 is 2.83 bits per heavy atom. The molecule has 0 spiro atoms. The number of fused-ring (bicyclic) bond motifs is 1. The Morgan fingerprint density at radius 1 is 1.38 bits per heavy atom.